The number of hydrogen-bond donors (Lipinski definition) is 1. The highest BCUT2D eigenvalue weighted by molar-refractivity contribution is 6.23. The smallest absolute Gasteiger partial charge is 0.272 e. The zero-order valence-electron chi connectivity index (χ0n) is 20.1. The second kappa shape index (κ2) is 10.9. The molecule has 2 aliphatic rings. The average molecular weight is 488 g/mol. The van der Waals surface area contributed by atoms with Gasteiger partial charge in [-0.05, 0) is 41.0 Å². The Kier molecular flexibility index (Phi) is 7.10. The summed E-state index contributed by atoms with van der Waals surface area (Å²) in [6, 6.07) is 28.3. The maximum Gasteiger partial charge on any atom is 0.272 e. The summed E-state index contributed by atoms with van der Waals surface area (Å²) in [5.74, 6) is -0.588. The molecule has 0 aromatic heterocycles. The zero-order chi connectivity index (χ0) is 25.6. The summed E-state index contributed by atoms with van der Waals surface area (Å²) < 4.78 is 0. The monoisotopic (exact) mass is 487 g/mol. The third-order valence-corrected chi connectivity index (χ3v) is 6.15. The van der Waals surface area contributed by atoms with Crippen molar-refractivity contribution in [1.29, 1.82) is 0 Å². The molecular formula is C31H25N3O3. The lowest BCUT2D eigenvalue weighted by Gasteiger charge is -2.17. The summed E-state index contributed by atoms with van der Waals surface area (Å²) >= 11 is 0. The summed E-state index contributed by atoms with van der Waals surface area (Å²) in [5.41, 5.74) is 7.03. The highest BCUT2D eigenvalue weighted by atomic mass is 16.2. The molecule has 2 heterocycles. The van der Waals surface area contributed by atoms with E-state index in [1.54, 1.807) is 12.2 Å². The van der Waals surface area contributed by atoms with Crippen LogP contribution in [0.15, 0.2) is 119 Å². The first kappa shape index (κ1) is 24.0. The van der Waals surface area contributed by atoms with E-state index in [4.69, 9.17) is 0 Å². The van der Waals surface area contributed by atoms with Crippen LogP contribution in [-0.4, -0.2) is 29.4 Å². The number of carbonyl (C=O) groups excluding carboxylic acids is 3. The van der Waals surface area contributed by atoms with Crippen LogP contribution in [-0.2, 0) is 14.4 Å². The van der Waals surface area contributed by atoms with Crippen molar-refractivity contribution < 1.29 is 14.4 Å². The lowest BCUT2D eigenvalue weighted by atomic mass is 9.95. The van der Waals surface area contributed by atoms with Crippen LogP contribution in [0.5, 0.6) is 0 Å². The normalized spacial score (nSPS) is 17.1. The third kappa shape index (κ3) is 5.60. The second-order valence-corrected chi connectivity index (χ2v) is 8.75. The number of para-hydroxylation sites is 1. The molecule has 1 fully saturated rings. The molecule has 1 amide bonds. The predicted octanol–water partition coefficient (Wildman–Crippen LogP) is 4.96. The predicted molar refractivity (Wildman–Crippen MR) is 146 cm³/mol. The van der Waals surface area contributed by atoms with Crippen LogP contribution in [0, 0.1) is 0 Å². The molecule has 5 rings (SSSR count). The van der Waals surface area contributed by atoms with Crippen molar-refractivity contribution in [3.8, 4) is 0 Å². The minimum absolute atomic E-state index is 0.00857. The summed E-state index contributed by atoms with van der Waals surface area (Å²) in [6.07, 6.45) is 5.88. The van der Waals surface area contributed by atoms with E-state index in [1.165, 1.54) is 17.2 Å². The molecule has 0 aliphatic carbocycles. The Labute approximate surface area is 215 Å². The van der Waals surface area contributed by atoms with Crippen LogP contribution >= 0.6 is 0 Å². The zero-order valence-corrected chi connectivity index (χ0v) is 20.1. The molecular weight excluding hydrogens is 462 g/mol. The first-order valence-corrected chi connectivity index (χ1v) is 12.1. The molecule has 6 nitrogen and oxygen atoms in total. The summed E-state index contributed by atoms with van der Waals surface area (Å²) in [6.45, 7) is 0. The van der Waals surface area contributed by atoms with E-state index in [-0.39, 0.29) is 30.3 Å². The molecule has 3 aromatic rings. The van der Waals surface area contributed by atoms with Gasteiger partial charge in [-0.2, -0.15) is 5.43 Å². The van der Waals surface area contributed by atoms with Crippen molar-refractivity contribution in [2.45, 2.75) is 19.0 Å². The Morgan fingerprint density at radius 2 is 1.27 bits per heavy atom. The highest BCUT2D eigenvalue weighted by Crippen LogP contribution is 2.33. The number of carbonyl (C=O) groups is 3. The number of nitrogens with zero attached hydrogens (tertiary/aromatic N) is 2. The van der Waals surface area contributed by atoms with Gasteiger partial charge in [-0.3, -0.25) is 19.4 Å². The van der Waals surface area contributed by atoms with Gasteiger partial charge in [0.2, 0.25) is 0 Å². The van der Waals surface area contributed by atoms with Gasteiger partial charge >= 0.3 is 0 Å². The number of benzene rings is 3. The van der Waals surface area contributed by atoms with Gasteiger partial charge in [0.25, 0.3) is 5.91 Å². The van der Waals surface area contributed by atoms with E-state index >= 15 is 0 Å². The summed E-state index contributed by atoms with van der Waals surface area (Å²) in [4.78, 5) is 43.8. The Hall–Kier alpha value is -4.68. The maximum absolute atomic E-state index is 13.4. The lowest BCUT2D eigenvalue weighted by Crippen LogP contribution is -2.37. The Bertz CT molecular complexity index is 1440. The molecule has 3 aromatic carbocycles. The van der Waals surface area contributed by atoms with E-state index in [1.807, 2.05) is 91.0 Å². The van der Waals surface area contributed by atoms with Crippen LogP contribution in [0.2, 0.25) is 0 Å². The van der Waals surface area contributed by atoms with Crippen molar-refractivity contribution in [2.24, 2.45) is 4.99 Å². The van der Waals surface area contributed by atoms with Crippen molar-refractivity contribution in [1.82, 2.24) is 5.43 Å². The van der Waals surface area contributed by atoms with Crippen molar-refractivity contribution in [3.05, 3.63) is 125 Å². The average Bonchev–Trinajstić information content (AvgIpc) is 3.43. The molecule has 2 aliphatic heterocycles. The van der Waals surface area contributed by atoms with E-state index in [0.29, 0.717) is 22.5 Å². The fraction of sp³-hybridized carbons (Fsp3) is 0.0968. The standard InChI is InChI=1S/C31H25N3O3/c35-25(18-16-22-10-4-1-5-11-22)20-27-28(21-26(36)19-17-23-12-6-2-7-13-23)32-30-29(27)31(37)34(33-30)24-14-8-3-9-15-24/h1-19,30,33H,20-21H2/b18-16-,19-17-/t30-/m1/s1. The number of rotatable bonds is 9. The van der Waals surface area contributed by atoms with Crippen molar-refractivity contribution in [3.63, 3.8) is 0 Å². The maximum atomic E-state index is 13.4. The van der Waals surface area contributed by atoms with Gasteiger partial charge in [-0.25, -0.2) is 5.01 Å². The molecule has 1 N–H and O–H groups in total. The number of hydrazine groups is 1. The fourth-order valence-corrected chi connectivity index (χ4v) is 4.34. The SMILES string of the molecule is O=C(/C=C\c1ccccc1)CC1=N[C@@H]2NN(c3ccccc3)C(=O)C2=C1CC(=O)/C=C\c1ccccc1. The minimum Gasteiger partial charge on any atom is -0.294 e. The number of fused-ring (bicyclic) bond motifs is 1. The largest absolute Gasteiger partial charge is 0.294 e. The Morgan fingerprint density at radius 1 is 0.757 bits per heavy atom. The van der Waals surface area contributed by atoms with E-state index in [9.17, 15) is 14.4 Å². The van der Waals surface area contributed by atoms with Crippen LogP contribution in [0.4, 0.5) is 5.69 Å². The Balaban J connectivity index is 1.39. The molecule has 182 valence electrons. The van der Waals surface area contributed by atoms with Gasteiger partial charge in [-0.15, -0.1) is 0 Å². The molecule has 0 radical (unpaired) electrons. The highest BCUT2D eigenvalue weighted by Gasteiger charge is 2.43. The van der Waals surface area contributed by atoms with Crippen LogP contribution in [0.1, 0.15) is 24.0 Å². The quantitative estimate of drug-likeness (QED) is 0.433. The molecule has 1 saturated heterocycles. The molecule has 6 heteroatoms. The first-order valence-electron chi connectivity index (χ1n) is 12.1. The van der Waals surface area contributed by atoms with Gasteiger partial charge < -0.3 is 0 Å². The van der Waals surface area contributed by atoms with Crippen LogP contribution < -0.4 is 10.4 Å². The number of hydrogen-bond acceptors (Lipinski definition) is 5. The molecule has 0 saturated carbocycles. The van der Waals surface area contributed by atoms with Gasteiger partial charge in [0.15, 0.2) is 11.6 Å². The third-order valence-electron chi connectivity index (χ3n) is 6.15. The van der Waals surface area contributed by atoms with E-state index in [0.717, 1.165) is 11.1 Å². The number of amides is 1. The Morgan fingerprint density at radius 3 is 1.84 bits per heavy atom. The number of aliphatic imine (C=N–C) groups is 1. The fourth-order valence-electron chi connectivity index (χ4n) is 4.34. The topological polar surface area (TPSA) is 78.8 Å². The number of nitrogens with one attached hydrogen (secondary N) is 1. The second-order valence-electron chi connectivity index (χ2n) is 8.75. The molecule has 37 heavy (non-hydrogen) atoms. The van der Waals surface area contributed by atoms with Gasteiger partial charge in [0, 0.05) is 12.1 Å². The summed E-state index contributed by atoms with van der Waals surface area (Å²) in [5, 5.41) is 1.45. The van der Waals surface area contributed by atoms with Crippen molar-refractivity contribution in [2.75, 3.05) is 5.01 Å². The number of ketones is 2. The van der Waals surface area contributed by atoms with E-state index in [2.05, 4.69) is 10.4 Å². The molecule has 0 unspecified atom stereocenters. The number of anilines is 1. The van der Waals surface area contributed by atoms with Gasteiger partial charge in [0.05, 0.1) is 17.7 Å². The summed E-state index contributed by atoms with van der Waals surface area (Å²) in [7, 11) is 0. The first-order chi connectivity index (χ1) is 18.1. The molecule has 1 atom stereocenters. The van der Waals surface area contributed by atoms with Crippen LogP contribution in [0.3, 0.4) is 0 Å². The minimum atomic E-state index is -0.630. The number of allylic oxidation sites excluding steroid dienone is 3. The lowest BCUT2D eigenvalue weighted by molar-refractivity contribution is -0.115. The molecule has 0 bridgehead atoms. The van der Waals surface area contributed by atoms with E-state index < -0.39 is 6.17 Å². The van der Waals surface area contributed by atoms with Gasteiger partial charge in [-0.1, -0.05) is 91.0 Å². The van der Waals surface area contributed by atoms with Crippen molar-refractivity contribution >= 4 is 41.0 Å². The molecule has 0 spiro atoms. The van der Waals surface area contributed by atoms with Crippen LogP contribution in [0.25, 0.3) is 12.2 Å². The van der Waals surface area contributed by atoms with Gasteiger partial charge in [0.1, 0.15) is 6.17 Å².